The molecule has 0 saturated heterocycles. The number of fused-ring (bicyclic) bond motifs is 3. The molecule has 3 atom stereocenters. The number of anilines is 1. The first-order valence-electron chi connectivity index (χ1n) is 6.89. The summed E-state index contributed by atoms with van der Waals surface area (Å²) in [5.74, 6) is -0.0509. The first-order valence-corrected chi connectivity index (χ1v) is 6.89. The molecule has 0 unspecified atom stereocenters. The van der Waals surface area contributed by atoms with Gasteiger partial charge >= 0.3 is 5.97 Å². The fourth-order valence-corrected chi connectivity index (χ4v) is 3.63. The van der Waals surface area contributed by atoms with E-state index >= 15 is 0 Å². The van der Waals surface area contributed by atoms with Gasteiger partial charge in [-0.2, -0.15) is 10.4 Å². The minimum Gasteiger partial charge on any atom is -0.464 e. The van der Waals surface area contributed by atoms with Crippen LogP contribution in [0.3, 0.4) is 0 Å². The molecule has 0 aromatic carbocycles. The van der Waals surface area contributed by atoms with Crippen molar-refractivity contribution in [3.8, 4) is 6.07 Å². The van der Waals surface area contributed by atoms with Gasteiger partial charge in [-0.3, -0.25) is 4.79 Å². The molecule has 2 heterocycles. The summed E-state index contributed by atoms with van der Waals surface area (Å²) in [6.07, 6.45) is 1.76. The number of hydrogen-bond acceptors (Lipinski definition) is 6. The van der Waals surface area contributed by atoms with Crippen molar-refractivity contribution in [2.24, 2.45) is 5.41 Å². The molecule has 110 valence electrons. The number of ether oxygens (including phenoxy) is 1. The maximum Gasteiger partial charge on any atom is 0.335 e. The normalized spacial score (nSPS) is 32.2. The summed E-state index contributed by atoms with van der Waals surface area (Å²) in [6, 6.07) is 1.77. The smallest absolute Gasteiger partial charge is 0.335 e. The standard InChI is InChI=1S/C14H16N4O3/c1-4-21-12(20)14-7-13(14,9(3)19)8(2)17-11-10(5-15)6-16-18(11)14/h6,8,17H,4,7H2,1-3H3/t8-,13-,14+/m1/s1. The van der Waals surface area contributed by atoms with E-state index in [9.17, 15) is 9.59 Å². The van der Waals surface area contributed by atoms with Crippen LogP contribution in [0.15, 0.2) is 6.20 Å². The minimum atomic E-state index is -1.12. The van der Waals surface area contributed by atoms with Crippen molar-refractivity contribution in [3.05, 3.63) is 11.8 Å². The molecule has 1 aliphatic heterocycles. The van der Waals surface area contributed by atoms with Crippen molar-refractivity contribution in [2.45, 2.75) is 38.8 Å². The van der Waals surface area contributed by atoms with Crippen molar-refractivity contribution in [2.75, 3.05) is 11.9 Å². The summed E-state index contributed by atoms with van der Waals surface area (Å²) in [4.78, 5) is 24.7. The predicted octanol–water partition coefficient (Wildman–Crippen LogP) is 0.806. The van der Waals surface area contributed by atoms with Gasteiger partial charge < -0.3 is 10.1 Å². The topological polar surface area (TPSA) is 97.0 Å². The summed E-state index contributed by atoms with van der Waals surface area (Å²) in [7, 11) is 0. The molecule has 0 bridgehead atoms. The molecule has 1 fully saturated rings. The molecule has 2 aliphatic rings. The zero-order chi connectivity index (χ0) is 15.4. The quantitative estimate of drug-likeness (QED) is 0.826. The zero-order valence-electron chi connectivity index (χ0n) is 12.1. The Hall–Kier alpha value is -2.36. The lowest BCUT2D eigenvalue weighted by Gasteiger charge is -2.34. The monoisotopic (exact) mass is 288 g/mol. The Kier molecular flexibility index (Phi) is 2.64. The molecule has 0 spiro atoms. The highest BCUT2D eigenvalue weighted by Gasteiger charge is 2.82. The molecule has 3 rings (SSSR count). The van der Waals surface area contributed by atoms with Crippen LogP contribution in [0.2, 0.25) is 0 Å². The number of nitriles is 1. The van der Waals surface area contributed by atoms with Crippen molar-refractivity contribution in [1.29, 1.82) is 5.26 Å². The Labute approximate surface area is 121 Å². The molecule has 7 heteroatoms. The number of carbonyl (C=O) groups is 2. The molecule has 7 nitrogen and oxygen atoms in total. The lowest BCUT2D eigenvalue weighted by Crippen LogP contribution is -2.50. The van der Waals surface area contributed by atoms with Crippen LogP contribution in [0.4, 0.5) is 5.82 Å². The van der Waals surface area contributed by atoms with E-state index in [0.717, 1.165) is 0 Å². The van der Waals surface area contributed by atoms with Crippen LogP contribution >= 0.6 is 0 Å². The highest BCUT2D eigenvalue weighted by Crippen LogP contribution is 2.68. The number of nitrogens with zero attached hydrogens (tertiary/aromatic N) is 3. The van der Waals surface area contributed by atoms with Gasteiger partial charge in [0.2, 0.25) is 0 Å². The third-order valence-electron chi connectivity index (χ3n) is 4.73. The molecular weight excluding hydrogens is 272 g/mol. The van der Waals surface area contributed by atoms with Crippen LogP contribution < -0.4 is 5.32 Å². The van der Waals surface area contributed by atoms with E-state index in [1.54, 1.807) is 6.92 Å². The number of carbonyl (C=O) groups excluding carboxylic acids is 2. The largest absolute Gasteiger partial charge is 0.464 e. The number of Topliss-reactive ketones (excluding diaryl/α,β-unsaturated/α-hetero) is 1. The van der Waals surface area contributed by atoms with Gasteiger partial charge in [0.25, 0.3) is 0 Å². The molecule has 1 aromatic heterocycles. The molecule has 1 aliphatic carbocycles. The maximum absolute atomic E-state index is 12.5. The van der Waals surface area contributed by atoms with E-state index in [4.69, 9.17) is 10.00 Å². The second-order valence-electron chi connectivity index (χ2n) is 5.58. The summed E-state index contributed by atoms with van der Waals surface area (Å²) < 4.78 is 6.65. The lowest BCUT2D eigenvalue weighted by atomic mass is 9.86. The Morgan fingerprint density at radius 3 is 2.95 bits per heavy atom. The molecular formula is C14H16N4O3. The summed E-state index contributed by atoms with van der Waals surface area (Å²) >= 11 is 0. The average Bonchev–Trinajstić information content (AvgIpc) is 3.03. The van der Waals surface area contributed by atoms with Crippen LogP contribution in [0, 0.1) is 16.7 Å². The average molecular weight is 288 g/mol. The number of ketones is 1. The molecule has 21 heavy (non-hydrogen) atoms. The van der Waals surface area contributed by atoms with Gasteiger partial charge in [-0.15, -0.1) is 0 Å². The van der Waals surface area contributed by atoms with Gasteiger partial charge in [0.15, 0.2) is 5.54 Å². The summed E-state index contributed by atoms with van der Waals surface area (Å²) in [6.45, 7) is 5.29. The van der Waals surface area contributed by atoms with E-state index < -0.39 is 16.9 Å². The number of aromatic nitrogens is 2. The van der Waals surface area contributed by atoms with Crippen LogP contribution in [-0.2, 0) is 19.9 Å². The number of esters is 1. The van der Waals surface area contributed by atoms with Gasteiger partial charge in [-0.25, -0.2) is 9.48 Å². The number of nitrogens with one attached hydrogen (secondary N) is 1. The fraction of sp³-hybridized carbons (Fsp3) is 0.571. The van der Waals surface area contributed by atoms with Crippen LogP contribution in [0.25, 0.3) is 0 Å². The highest BCUT2D eigenvalue weighted by atomic mass is 16.5. The second-order valence-corrected chi connectivity index (χ2v) is 5.58. The van der Waals surface area contributed by atoms with Crippen molar-refractivity contribution in [3.63, 3.8) is 0 Å². The Morgan fingerprint density at radius 1 is 1.67 bits per heavy atom. The van der Waals surface area contributed by atoms with Crippen LogP contribution in [0.5, 0.6) is 0 Å². The van der Waals surface area contributed by atoms with Crippen molar-refractivity contribution in [1.82, 2.24) is 9.78 Å². The lowest BCUT2D eigenvalue weighted by molar-refractivity contribution is -0.153. The number of rotatable bonds is 3. The van der Waals surface area contributed by atoms with Crippen molar-refractivity contribution < 1.29 is 14.3 Å². The van der Waals surface area contributed by atoms with Gasteiger partial charge in [0, 0.05) is 12.5 Å². The maximum atomic E-state index is 12.5. The second kappa shape index (κ2) is 4.07. The third-order valence-corrected chi connectivity index (χ3v) is 4.73. The number of hydrogen-bond donors (Lipinski definition) is 1. The van der Waals surface area contributed by atoms with E-state index in [2.05, 4.69) is 10.4 Å². The van der Waals surface area contributed by atoms with Gasteiger partial charge in [0.05, 0.1) is 18.2 Å². The van der Waals surface area contributed by atoms with Crippen molar-refractivity contribution >= 4 is 17.6 Å². The highest BCUT2D eigenvalue weighted by molar-refractivity contribution is 6.01. The predicted molar refractivity (Wildman–Crippen MR) is 72.4 cm³/mol. The minimum absolute atomic E-state index is 0.0739. The Morgan fingerprint density at radius 2 is 2.38 bits per heavy atom. The molecule has 1 aromatic rings. The molecule has 0 amide bonds. The van der Waals surface area contributed by atoms with Gasteiger partial charge in [-0.1, -0.05) is 0 Å². The first-order chi connectivity index (χ1) is 9.95. The summed E-state index contributed by atoms with van der Waals surface area (Å²) in [5, 5.41) is 16.5. The Bertz CT molecular complexity index is 689. The molecule has 1 N–H and O–H groups in total. The zero-order valence-corrected chi connectivity index (χ0v) is 12.1. The summed E-state index contributed by atoms with van der Waals surface area (Å²) in [5.41, 5.74) is -1.62. The van der Waals surface area contributed by atoms with E-state index in [-0.39, 0.29) is 18.4 Å². The molecule has 1 saturated carbocycles. The van der Waals surface area contributed by atoms with Crippen LogP contribution in [0.1, 0.15) is 32.8 Å². The third kappa shape index (κ3) is 1.35. The SMILES string of the molecule is CCOC(=O)[C@@]12C[C@]1(C(C)=O)[C@@H](C)Nc1c(C#N)cnn12. The van der Waals surface area contributed by atoms with E-state index in [0.29, 0.717) is 17.8 Å². The first kappa shape index (κ1) is 13.6. The molecule has 0 radical (unpaired) electrons. The van der Waals surface area contributed by atoms with E-state index in [1.807, 2.05) is 13.0 Å². The van der Waals surface area contributed by atoms with Gasteiger partial charge in [-0.05, 0) is 20.8 Å². The van der Waals surface area contributed by atoms with E-state index in [1.165, 1.54) is 17.8 Å². The fourth-order valence-electron chi connectivity index (χ4n) is 3.63. The van der Waals surface area contributed by atoms with Gasteiger partial charge in [0.1, 0.15) is 23.2 Å². The van der Waals surface area contributed by atoms with Crippen LogP contribution in [-0.4, -0.2) is 34.2 Å². The Balaban J connectivity index is 2.21.